The van der Waals surface area contributed by atoms with Crippen LogP contribution in [-0.4, -0.2) is 20.5 Å². The molecule has 0 atom stereocenters. The summed E-state index contributed by atoms with van der Waals surface area (Å²) in [6, 6.07) is 16.9. The van der Waals surface area contributed by atoms with Crippen molar-refractivity contribution in [2.24, 2.45) is 0 Å². The Morgan fingerprint density at radius 2 is 1.75 bits per heavy atom. The van der Waals surface area contributed by atoms with Gasteiger partial charge in [0.05, 0.1) is 16.9 Å². The van der Waals surface area contributed by atoms with Crippen LogP contribution in [0.4, 0.5) is 11.4 Å². The largest absolute Gasteiger partial charge is 0.490 e. The van der Waals surface area contributed by atoms with Crippen molar-refractivity contribution in [1.82, 2.24) is 0 Å². The van der Waals surface area contributed by atoms with E-state index in [0.717, 1.165) is 29.2 Å². The number of hydrogen-bond acceptors (Lipinski definition) is 5. The minimum atomic E-state index is -4.00. The lowest BCUT2D eigenvalue weighted by Crippen LogP contribution is -2.13. The molecule has 0 spiro atoms. The van der Waals surface area contributed by atoms with Gasteiger partial charge in [0.25, 0.3) is 10.0 Å². The van der Waals surface area contributed by atoms with Crippen molar-refractivity contribution in [1.29, 1.82) is 0 Å². The second kappa shape index (κ2) is 6.65. The van der Waals surface area contributed by atoms with E-state index < -0.39 is 20.6 Å². The number of methoxy groups -OCH3 is 1. The van der Waals surface area contributed by atoms with Crippen LogP contribution in [0.15, 0.2) is 65.6 Å². The number of rotatable bonds is 5. The molecule has 0 radical (unpaired) electrons. The van der Waals surface area contributed by atoms with Crippen LogP contribution in [0.1, 0.15) is 11.1 Å². The number of nitrogens with zero attached hydrogens (tertiary/aromatic N) is 1. The first-order chi connectivity index (χ1) is 13.4. The molecular formula is C20H16N2O5S. The monoisotopic (exact) mass is 396 g/mol. The van der Waals surface area contributed by atoms with Crippen LogP contribution in [0.2, 0.25) is 0 Å². The molecule has 142 valence electrons. The van der Waals surface area contributed by atoms with Crippen molar-refractivity contribution >= 4 is 21.4 Å². The first kappa shape index (κ1) is 18.0. The molecule has 1 aliphatic rings. The van der Waals surface area contributed by atoms with Gasteiger partial charge in [0.1, 0.15) is 0 Å². The lowest BCUT2D eigenvalue weighted by molar-refractivity contribution is -0.386. The topological polar surface area (TPSA) is 98.5 Å². The highest BCUT2D eigenvalue weighted by Gasteiger charge is 2.23. The molecular weight excluding hydrogens is 380 g/mol. The van der Waals surface area contributed by atoms with E-state index in [1.807, 2.05) is 24.3 Å². The van der Waals surface area contributed by atoms with E-state index >= 15 is 0 Å². The predicted molar refractivity (Wildman–Crippen MR) is 105 cm³/mol. The van der Waals surface area contributed by atoms with Gasteiger partial charge in [0, 0.05) is 11.8 Å². The molecule has 0 aliphatic heterocycles. The molecule has 3 aromatic carbocycles. The second-order valence-electron chi connectivity index (χ2n) is 6.40. The van der Waals surface area contributed by atoms with Crippen LogP contribution in [0, 0.1) is 10.1 Å². The van der Waals surface area contributed by atoms with Gasteiger partial charge in [-0.3, -0.25) is 14.8 Å². The SMILES string of the molecule is COc1ccc(S(=O)(=O)Nc2ccc3c(c2)-c2ccccc2C3)cc1[N+](=O)[O-]. The molecule has 0 aromatic heterocycles. The van der Waals surface area contributed by atoms with Gasteiger partial charge in [0.15, 0.2) is 5.75 Å². The quantitative estimate of drug-likeness (QED) is 0.406. The average molecular weight is 396 g/mol. The maximum atomic E-state index is 12.7. The Kier molecular flexibility index (Phi) is 4.27. The number of nitrogens with one attached hydrogen (secondary N) is 1. The zero-order valence-electron chi connectivity index (χ0n) is 14.9. The summed E-state index contributed by atoms with van der Waals surface area (Å²) in [5.41, 5.74) is 4.38. The summed E-state index contributed by atoms with van der Waals surface area (Å²) in [4.78, 5) is 10.3. The van der Waals surface area contributed by atoms with Crippen LogP contribution in [0.3, 0.4) is 0 Å². The van der Waals surface area contributed by atoms with E-state index in [1.54, 1.807) is 12.1 Å². The average Bonchev–Trinajstić information content (AvgIpc) is 3.05. The molecule has 28 heavy (non-hydrogen) atoms. The zero-order valence-corrected chi connectivity index (χ0v) is 15.7. The lowest BCUT2D eigenvalue weighted by Gasteiger charge is -2.11. The van der Waals surface area contributed by atoms with Crippen molar-refractivity contribution in [3.05, 3.63) is 81.9 Å². The normalized spacial score (nSPS) is 12.2. The van der Waals surface area contributed by atoms with Crippen LogP contribution in [-0.2, 0) is 16.4 Å². The van der Waals surface area contributed by atoms with Gasteiger partial charge in [0.2, 0.25) is 0 Å². The Hall–Kier alpha value is -3.39. The van der Waals surface area contributed by atoms with Gasteiger partial charge in [-0.15, -0.1) is 0 Å². The summed E-state index contributed by atoms with van der Waals surface area (Å²) in [5, 5.41) is 11.2. The van der Waals surface area contributed by atoms with Crippen molar-refractivity contribution in [3.63, 3.8) is 0 Å². The molecule has 0 amide bonds. The zero-order chi connectivity index (χ0) is 19.9. The Morgan fingerprint density at radius 1 is 1.00 bits per heavy atom. The highest BCUT2D eigenvalue weighted by atomic mass is 32.2. The minimum Gasteiger partial charge on any atom is -0.490 e. The third kappa shape index (κ3) is 3.07. The van der Waals surface area contributed by atoms with E-state index in [-0.39, 0.29) is 10.6 Å². The third-order valence-electron chi connectivity index (χ3n) is 4.71. The molecule has 4 rings (SSSR count). The molecule has 8 heteroatoms. The molecule has 0 fully saturated rings. The fourth-order valence-electron chi connectivity index (χ4n) is 3.38. The Bertz CT molecular complexity index is 1200. The first-order valence-corrected chi connectivity index (χ1v) is 9.94. The minimum absolute atomic E-state index is 0.00177. The Labute approximate surface area is 161 Å². The van der Waals surface area contributed by atoms with Crippen molar-refractivity contribution in [2.45, 2.75) is 11.3 Å². The van der Waals surface area contributed by atoms with E-state index in [9.17, 15) is 18.5 Å². The maximum Gasteiger partial charge on any atom is 0.312 e. The van der Waals surface area contributed by atoms with Crippen LogP contribution >= 0.6 is 0 Å². The maximum absolute atomic E-state index is 12.7. The first-order valence-electron chi connectivity index (χ1n) is 8.45. The summed E-state index contributed by atoms with van der Waals surface area (Å²) in [7, 11) is -2.71. The number of nitro benzene ring substituents is 1. The summed E-state index contributed by atoms with van der Waals surface area (Å²) in [5.74, 6) is -0.00177. The fourth-order valence-corrected chi connectivity index (χ4v) is 4.45. The summed E-state index contributed by atoms with van der Waals surface area (Å²) in [6.07, 6.45) is 0.809. The number of benzene rings is 3. The molecule has 0 saturated carbocycles. The molecule has 0 heterocycles. The van der Waals surface area contributed by atoms with Gasteiger partial charge in [-0.25, -0.2) is 8.42 Å². The van der Waals surface area contributed by atoms with Gasteiger partial charge < -0.3 is 4.74 Å². The van der Waals surface area contributed by atoms with Crippen LogP contribution in [0.5, 0.6) is 5.75 Å². The van der Waals surface area contributed by atoms with E-state index in [0.29, 0.717) is 5.69 Å². The summed E-state index contributed by atoms with van der Waals surface area (Å²) in [6.45, 7) is 0. The summed E-state index contributed by atoms with van der Waals surface area (Å²) < 4.78 is 32.9. The molecule has 3 aromatic rings. The van der Waals surface area contributed by atoms with Crippen molar-refractivity contribution < 1.29 is 18.1 Å². The highest BCUT2D eigenvalue weighted by Crippen LogP contribution is 2.38. The molecule has 0 bridgehead atoms. The molecule has 1 N–H and O–H groups in total. The molecule has 1 aliphatic carbocycles. The Balaban J connectivity index is 1.69. The van der Waals surface area contributed by atoms with Crippen LogP contribution in [0.25, 0.3) is 11.1 Å². The van der Waals surface area contributed by atoms with E-state index in [2.05, 4.69) is 10.8 Å². The van der Waals surface area contributed by atoms with Gasteiger partial charge >= 0.3 is 5.69 Å². The van der Waals surface area contributed by atoms with E-state index in [1.165, 1.54) is 24.8 Å². The number of ether oxygens (including phenoxy) is 1. The fraction of sp³-hybridized carbons (Fsp3) is 0.100. The Morgan fingerprint density at radius 3 is 2.50 bits per heavy atom. The summed E-state index contributed by atoms with van der Waals surface area (Å²) >= 11 is 0. The lowest BCUT2D eigenvalue weighted by atomic mass is 10.1. The van der Waals surface area contributed by atoms with Gasteiger partial charge in [-0.2, -0.15) is 0 Å². The van der Waals surface area contributed by atoms with Crippen LogP contribution < -0.4 is 9.46 Å². The van der Waals surface area contributed by atoms with Crippen molar-refractivity contribution in [3.8, 4) is 16.9 Å². The number of sulfonamides is 1. The van der Waals surface area contributed by atoms with E-state index in [4.69, 9.17) is 4.74 Å². The highest BCUT2D eigenvalue weighted by molar-refractivity contribution is 7.92. The number of anilines is 1. The molecule has 7 nitrogen and oxygen atoms in total. The number of fused-ring (bicyclic) bond motifs is 3. The number of nitro groups is 1. The molecule has 0 saturated heterocycles. The smallest absolute Gasteiger partial charge is 0.312 e. The number of hydrogen-bond donors (Lipinski definition) is 1. The van der Waals surface area contributed by atoms with Crippen molar-refractivity contribution in [2.75, 3.05) is 11.8 Å². The third-order valence-corrected chi connectivity index (χ3v) is 6.09. The van der Waals surface area contributed by atoms with Gasteiger partial charge in [-0.05, 0) is 52.9 Å². The second-order valence-corrected chi connectivity index (χ2v) is 8.08. The standard InChI is InChI=1S/C20H16N2O5S/c1-27-20-9-8-16(12-19(20)22(23)24)28(25,26)21-15-7-6-14-10-13-4-2-3-5-17(13)18(14)11-15/h2-9,11-12,21H,10H2,1H3. The molecule has 0 unspecified atom stereocenters. The predicted octanol–water partition coefficient (Wildman–Crippen LogP) is 3.98. The van der Waals surface area contributed by atoms with Gasteiger partial charge in [-0.1, -0.05) is 30.3 Å².